The molecule has 4 aliphatic carbocycles. The zero-order chi connectivity index (χ0) is 24.7. The first-order valence-corrected chi connectivity index (χ1v) is 13.6. The number of rotatable bonds is 7. The fourth-order valence-corrected chi connectivity index (χ4v) is 8.88. The molecule has 0 spiro atoms. The van der Waals surface area contributed by atoms with E-state index >= 15 is 0 Å². The van der Waals surface area contributed by atoms with Crippen LogP contribution in [0.5, 0.6) is 0 Å². The van der Waals surface area contributed by atoms with Crippen LogP contribution in [0.25, 0.3) is 0 Å². The highest BCUT2D eigenvalue weighted by Gasteiger charge is 2.60. The monoisotopic (exact) mass is 546 g/mol. The SMILES string of the molecule is CC(=O)[C@H]1CC[C@H]2[C@@H]3CC[C@@H]4C[C@H](OC(=O)[C@@H](N)CCCN=C(N)N)CC[C@]4(C)[C@H]3CC[C@]12C.Cl.Cl. The van der Waals surface area contributed by atoms with E-state index in [1.54, 1.807) is 6.92 Å². The third kappa shape index (κ3) is 5.83. The summed E-state index contributed by atoms with van der Waals surface area (Å²) in [6.45, 7) is 7.21. The van der Waals surface area contributed by atoms with E-state index in [-0.39, 0.29) is 54.2 Å². The van der Waals surface area contributed by atoms with Gasteiger partial charge in [0.05, 0.1) is 0 Å². The number of halogens is 2. The van der Waals surface area contributed by atoms with Crippen LogP contribution in [-0.2, 0) is 14.3 Å². The number of carbonyl (C=O) groups excluding carboxylic acids is 2. The molecule has 0 saturated heterocycles. The van der Waals surface area contributed by atoms with Gasteiger partial charge in [0.25, 0.3) is 0 Å². The van der Waals surface area contributed by atoms with E-state index in [0.29, 0.717) is 42.4 Å². The summed E-state index contributed by atoms with van der Waals surface area (Å²) in [6, 6.07) is -0.620. The highest BCUT2D eigenvalue weighted by Crippen LogP contribution is 2.67. The predicted octanol–water partition coefficient (Wildman–Crippen LogP) is 4.37. The summed E-state index contributed by atoms with van der Waals surface area (Å²) in [7, 11) is 0. The van der Waals surface area contributed by atoms with Gasteiger partial charge in [0, 0.05) is 12.5 Å². The Morgan fingerprint density at radius 3 is 2.31 bits per heavy atom. The molecule has 0 unspecified atom stereocenters. The Morgan fingerprint density at radius 2 is 1.64 bits per heavy atom. The Hall–Kier alpha value is -1.05. The second-order valence-electron chi connectivity index (χ2n) is 12.3. The third-order valence-corrected chi connectivity index (χ3v) is 10.7. The quantitative estimate of drug-likeness (QED) is 0.188. The van der Waals surface area contributed by atoms with Crippen molar-refractivity contribution in [1.82, 2.24) is 0 Å². The van der Waals surface area contributed by atoms with Crippen LogP contribution in [0.2, 0.25) is 0 Å². The molecule has 9 heteroatoms. The predicted molar refractivity (Wildman–Crippen MR) is 148 cm³/mol. The number of guanidine groups is 1. The molecule has 4 saturated carbocycles. The van der Waals surface area contributed by atoms with Crippen LogP contribution in [-0.4, -0.2) is 36.4 Å². The van der Waals surface area contributed by atoms with Gasteiger partial charge in [0.15, 0.2) is 5.96 Å². The maximum atomic E-state index is 12.6. The Morgan fingerprint density at radius 1 is 0.972 bits per heavy atom. The minimum atomic E-state index is -0.620. The largest absolute Gasteiger partial charge is 0.461 e. The van der Waals surface area contributed by atoms with Crippen LogP contribution in [0.3, 0.4) is 0 Å². The molecule has 4 aliphatic rings. The first-order valence-electron chi connectivity index (χ1n) is 13.6. The number of hydrogen-bond acceptors (Lipinski definition) is 5. The molecule has 4 rings (SSSR count). The minimum absolute atomic E-state index is 0. The summed E-state index contributed by atoms with van der Waals surface area (Å²) in [4.78, 5) is 28.9. The molecule has 0 aliphatic heterocycles. The highest BCUT2D eigenvalue weighted by atomic mass is 35.5. The number of hydrogen-bond donors (Lipinski definition) is 3. The van der Waals surface area contributed by atoms with E-state index in [1.165, 1.54) is 32.1 Å². The van der Waals surface area contributed by atoms with Gasteiger partial charge in [-0.15, -0.1) is 24.8 Å². The van der Waals surface area contributed by atoms with Gasteiger partial charge >= 0.3 is 5.97 Å². The molecule has 0 aromatic carbocycles. The number of nitrogens with two attached hydrogens (primary N) is 3. The van der Waals surface area contributed by atoms with Gasteiger partial charge < -0.3 is 21.9 Å². The molecule has 0 amide bonds. The lowest BCUT2D eigenvalue weighted by Crippen LogP contribution is -2.54. The van der Waals surface area contributed by atoms with Gasteiger partial charge in [-0.25, -0.2) is 0 Å². The van der Waals surface area contributed by atoms with Crippen molar-refractivity contribution in [1.29, 1.82) is 0 Å². The molecule has 9 atom stereocenters. The molecule has 0 aromatic rings. The van der Waals surface area contributed by atoms with Crippen molar-refractivity contribution in [2.45, 2.75) is 104 Å². The Labute approximate surface area is 229 Å². The lowest BCUT2D eigenvalue weighted by Gasteiger charge is -2.61. The highest BCUT2D eigenvalue weighted by molar-refractivity contribution is 5.85. The molecule has 0 bridgehead atoms. The number of carbonyl (C=O) groups is 2. The van der Waals surface area contributed by atoms with E-state index in [4.69, 9.17) is 21.9 Å². The zero-order valence-corrected chi connectivity index (χ0v) is 23.9. The van der Waals surface area contributed by atoms with Crippen LogP contribution < -0.4 is 17.2 Å². The average molecular weight is 548 g/mol. The molecular formula is C27H48Cl2N4O3. The number of nitrogens with zero attached hydrogens (tertiary/aromatic N) is 1. The van der Waals surface area contributed by atoms with Crippen molar-refractivity contribution >= 4 is 42.5 Å². The lowest BCUT2D eigenvalue weighted by molar-refractivity contribution is -0.164. The van der Waals surface area contributed by atoms with Gasteiger partial charge in [0.1, 0.15) is 17.9 Å². The average Bonchev–Trinajstić information content (AvgIpc) is 3.14. The number of Topliss-reactive ketones (excluding diaryl/α,β-unsaturated/α-hetero) is 1. The first kappa shape index (κ1) is 31.2. The standard InChI is InChI=1S/C27H46N4O3.2ClH/c1-16(32)20-8-9-21-19-7-6-17-15-18(34-24(33)23(28)5-4-14-31-25(29)30)10-12-26(17,2)22(19)11-13-27(20,21)3;;/h17-23H,4-15,28H2,1-3H3,(H4,29,30,31);2*1H/t17-,18-,19+,20-,21+,22+,23+,26+,27-;;/m1../s1. The molecular weight excluding hydrogens is 499 g/mol. The molecule has 0 heterocycles. The van der Waals surface area contributed by atoms with Crippen molar-refractivity contribution in [2.75, 3.05) is 6.54 Å². The summed E-state index contributed by atoms with van der Waals surface area (Å²) in [5.41, 5.74) is 17.3. The van der Waals surface area contributed by atoms with Crippen LogP contribution in [0.4, 0.5) is 0 Å². The maximum absolute atomic E-state index is 12.6. The number of esters is 1. The molecule has 7 nitrogen and oxygen atoms in total. The van der Waals surface area contributed by atoms with Crippen molar-refractivity contribution in [3.8, 4) is 0 Å². The van der Waals surface area contributed by atoms with E-state index in [0.717, 1.165) is 37.5 Å². The number of ketones is 1. The van der Waals surface area contributed by atoms with Crippen LogP contribution >= 0.6 is 24.8 Å². The smallest absolute Gasteiger partial charge is 0.323 e. The van der Waals surface area contributed by atoms with Crippen LogP contribution in [0.15, 0.2) is 4.99 Å². The van der Waals surface area contributed by atoms with Gasteiger partial charge in [0.2, 0.25) is 0 Å². The van der Waals surface area contributed by atoms with Crippen LogP contribution in [0, 0.1) is 40.4 Å². The molecule has 36 heavy (non-hydrogen) atoms. The van der Waals surface area contributed by atoms with E-state index in [9.17, 15) is 9.59 Å². The van der Waals surface area contributed by atoms with Crippen molar-refractivity contribution in [3.63, 3.8) is 0 Å². The summed E-state index contributed by atoms with van der Waals surface area (Å²) < 4.78 is 5.90. The van der Waals surface area contributed by atoms with E-state index in [2.05, 4.69) is 18.8 Å². The van der Waals surface area contributed by atoms with Gasteiger partial charge in [-0.1, -0.05) is 13.8 Å². The van der Waals surface area contributed by atoms with Gasteiger partial charge in [-0.05, 0) is 112 Å². The molecule has 6 N–H and O–H groups in total. The van der Waals surface area contributed by atoms with Crippen molar-refractivity contribution in [2.24, 2.45) is 62.6 Å². The zero-order valence-electron chi connectivity index (χ0n) is 22.2. The first-order chi connectivity index (χ1) is 16.1. The second-order valence-corrected chi connectivity index (χ2v) is 12.3. The summed E-state index contributed by atoms with van der Waals surface area (Å²) in [5.74, 6) is 3.24. The fraction of sp³-hybridized carbons (Fsp3) is 0.889. The summed E-state index contributed by atoms with van der Waals surface area (Å²) >= 11 is 0. The summed E-state index contributed by atoms with van der Waals surface area (Å²) in [5, 5.41) is 0. The normalized spacial score (nSPS) is 39.7. The lowest BCUT2D eigenvalue weighted by atomic mass is 9.44. The third-order valence-electron chi connectivity index (χ3n) is 10.7. The topological polar surface area (TPSA) is 134 Å². The number of aliphatic imine (C=N–C) groups is 1. The fourth-order valence-electron chi connectivity index (χ4n) is 8.88. The second kappa shape index (κ2) is 12.2. The van der Waals surface area contributed by atoms with Crippen molar-refractivity contribution in [3.05, 3.63) is 0 Å². The molecule has 4 fully saturated rings. The Bertz CT molecular complexity index is 823. The number of ether oxygens (including phenoxy) is 1. The Balaban J connectivity index is 0.00000228. The molecule has 0 aromatic heterocycles. The Kier molecular flexibility index (Phi) is 10.6. The molecule has 0 radical (unpaired) electrons. The maximum Gasteiger partial charge on any atom is 0.323 e. The summed E-state index contributed by atoms with van der Waals surface area (Å²) in [6.07, 6.45) is 11.4. The van der Waals surface area contributed by atoms with Gasteiger partial charge in [-0.2, -0.15) is 0 Å². The van der Waals surface area contributed by atoms with Crippen molar-refractivity contribution < 1.29 is 14.3 Å². The van der Waals surface area contributed by atoms with E-state index in [1.807, 2.05) is 0 Å². The minimum Gasteiger partial charge on any atom is -0.461 e. The van der Waals surface area contributed by atoms with Gasteiger partial charge in [-0.3, -0.25) is 14.6 Å². The number of fused-ring (bicyclic) bond motifs is 5. The van der Waals surface area contributed by atoms with Crippen LogP contribution in [0.1, 0.15) is 91.4 Å². The molecule has 208 valence electrons. The van der Waals surface area contributed by atoms with E-state index < -0.39 is 6.04 Å².